The van der Waals surface area contributed by atoms with E-state index in [4.69, 9.17) is 0 Å². The molecule has 16 heavy (non-hydrogen) atoms. The van der Waals surface area contributed by atoms with Crippen LogP contribution in [0.1, 0.15) is 0 Å². The molecule has 0 rings (SSSR count). The number of nitrogens with one attached hydrogen (secondary N) is 1. The van der Waals surface area contributed by atoms with Crippen molar-refractivity contribution in [2.45, 2.75) is 18.5 Å². The molecular weight excluding hydrogens is 240 g/mol. The van der Waals surface area contributed by atoms with Crippen LogP contribution >= 0.6 is 0 Å². The maximum atomic E-state index is 11.9. The third kappa shape index (κ3) is 5.96. The Bertz CT molecular complexity index is 198. The minimum atomic E-state index is -5.45. The lowest BCUT2D eigenvalue weighted by Gasteiger charge is -2.23. The first-order chi connectivity index (χ1) is 7.19. The van der Waals surface area contributed by atoms with Crippen molar-refractivity contribution in [2.24, 2.45) is 0 Å². The number of ether oxygens (including phenoxy) is 1. The fourth-order valence-corrected chi connectivity index (χ4v) is 0.828. The van der Waals surface area contributed by atoms with Gasteiger partial charge in [0.25, 0.3) is 0 Å². The van der Waals surface area contributed by atoms with Gasteiger partial charge < -0.3 is 10.1 Å². The summed E-state index contributed by atoms with van der Waals surface area (Å²) in [6, 6.07) is 0. The first-order valence-electron chi connectivity index (χ1n) is 4.26. The maximum absolute atomic E-state index is 11.9. The van der Waals surface area contributed by atoms with E-state index < -0.39 is 25.1 Å². The van der Waals surface area contributed by atoms with E-state index in [1.54, 1.807) is 0 Å². The lowest BCUT2D eigenvalue weighted by atomic mass is 10.3. The van der Waals surface area contributed by atoms with Crippen LogP contribution in [-0.2, 0) is 4.74 Å². The zero-order valence-electron chi connectivity index (χ0n) is 8.16. The van der Waals surface area contributed by atoms with Gasteiger partial charge in [0.1, 0.15) is 0 Å². The second-order valence-corrected chi connectivity index (χ2v) is 2.83. The second-order valence-electron chi connectivity index (χ2n) is 2.83. The summed E-state index contributed by atoms with van der Waals surface area (Å²) in [7, 11) is 0. The molecule has 1 N–H and O–H groups in total. The molecule has 0 amide bonds. The van der Waals surface area contributed by atoms with Crippen LogP contribution in [0.15, 0.2) is 12.7 Å². The van der Waals surface area contributed by atoms with Gasteiger partial charge in [0.15, 0.2) is 0 Å². The van der Waals surface area contributed by atoms with Crippen LogP contribution in [0.3, 0.4) is 0 Å². The van der Waals surface area contributed by atoms with Crippen molar-refractivity contribution in [1.82, 2.24) is 5.32 Å². The molecule has 0 bridgehead atoms. The molecule has 0 aromatic heterocycles. The highest BCUT2D eigenvalue weighted by molar-refractivity contribution is 4.76. The molecule has 0 aliphatic carbocycles. The van der Waals surface area contributed by atoms with Crippen LogP contribution < -0.4 is 5.32 Å². The maximum Gasteiger partial charge on any atom is 0.423 e. The molecule has 0 spiro atoms. The summed E-state index contributed by atoms with van der Waals surface area (Å²) in [5.74, 6) is 0. The van der Waals surface area contributed by atoms with Crippen molar-refractivity contribution in [3.05, 3.63) is 12.7 Å². The molecule has 0 saturated carbocycles. The summed E-state index contributed by atoms with van der Waals surface area (Å²) in [5.41, 5.74) is 0. The minimum Gasteiger partial charge on any atom is -0.360 e. The van der Waals surface area contributed by atoms with Crippen molar-refractivity contribution in [3.8, 4) is 0 Å². The zero-order valence-corrected chi connectivity index (χ0v) is 8.16. The highest BCUT2D eigenvalue weighted by Crippen LogP contribution is 2.35. The van der Waals surface area contributed by atoms with E-state index in [1.165, 1.54) is 6.08 Å². The fourth-order valence-electron chi connectivity index (χ4n) is 0.828. The lowest BCUT2D eigenvalue weighted by molar-refractivity contribution is -0.321. The topological polar surface area (TPSA) is 21.3 Å². The first-order valence-corrected chi connectivity index (χ1v) is 4.26. The van der Waals surface area contributed by atoms with Crippen LogP contribution in [0.2, 0.25) is 0 Å². The lowest BCUT2D eigenvalue weighted by Crippen LogP contribution is -2.45. The SMILES string of the molecule is C=CCNCCOC(C(F)(F)F)C(F)(F)F. The molecule has 0 aromatic rings. The van der Waals surface area contributed by atoms with Crippen LogP contribution in [-0.4, -0.2) is 38.2 Å². The third-order valence-corrected chi connectivity index (χ3v) is 1.45. The van der Waals surface area contributed by atoms with Crippen molar-refractivity contribution < 1.29 is 31.1 Å². The van der Waals surface area contributed by atoms with Gasteiger partial charge in [0.05, 0.1) is 6.61 Å². The second kappa shape index (κ2) is 6.09. The predicted molar refractivity (Wildman–Crippen MR) is 44.9 cm³/mol. The average Bonchev–Trinajstić information content (AvgIpc) is 2.06. The van der Waals surface area contributed by atoms with Gasteiger partial charge in [-0.15, -0.1) is 6.58 Å². The van der Waals surface area contributed by atoms with Crippen LogP contribution in [0, 0.1) is 0 Å². The van der Waals surface area contributed by atoms with E-state index in [1.807, 2.05) is 0 Å². The van der Waals surface area contributed by atoms with Crippen molar-refractivity contribution in [2.75, 3.05) is 19.7 Å². The Hall–Kier alpha value is -0.760. The van der Waals surface area contributed by atoms with Gasteiger partial charge in [-0.25, -0.2) is 0 Å². The molecule has 2 nitrogen and oxygen atoms in total. The average molecular weight is 251 g/mol. The Morgan fingerprint density at radius 3 is 2.00 bits per heavy atom. The molecule has 96 valence electrons. The van der Waals surface area contributed by atoms with E-state index in [0.717, 1.165) is 0 Å². The summed E-state index contributed by atoms with van der Waals surface area (Å²) >= 11 is 0. The number of hydrogen-bond donors (Lipinski definition) is 1. The number of hydrogen-bond acceptors (Lipinski definition) is 2. The molecular formula is C8H11F6NO. The molecule has 0 heterocycles. The molecule has 0 saturated heterocycles. The minimum absolute atomic E-state index is 0.116. The molecule has 0 radical (unpaired) electrons. The Balaban J connectivity index is 4.10. The summed E-state index contributed by atoms with van der Waals surface area (Å²) in [6.45, 7) is 2.79. The van der Waals surface area contributed by atoms with E-state index in [0.29, 0.717) is 0 Å². The first kappa shape index (κ1) is 15.2. The Morgan fingerprint density at radius 2 is 1.62 bits per heavy atom. The zero-order chi connectivity index (χ0) is 12.8. The number of alkyl halides is 6. The molecule has 8 heteroatoms. The summed E-state index contributed by atoms with van der Waals surface area (Å²) in [4.78, 5) is 0. The largest absolute Gasteiger partial charge is 0.423 e. The molecule has 0 aliphatic heterocycles. The predicted octanol–water partition coefficient (Wildman–Crippen LogP) is 2.27. The summed E-state index contributed by atoms with van der Waals surface area (Å²) in [6.07, 6.45) is -13.2. The van der Waals surface area contributed by atoms with Gasteiger partial charge in [-0.2, -0.15) is 26.3 Å². The van der Waals surface area contributed by atoms with Crippen LogP contribution in [0.4, 0.5) is 26.3 Å². The van der Waals surface area contributed by atoms with Gasteiger partial charge in [-0.05, 0) is 0 Å². The molecule has 0 atom stereocenters. The Morgan fingerprint density at radius 1 is 1.12 bits per heavy atom. The third-order valence-electron chi connectivity index (χ3n) is 1.45. The van der Waals surface area contributed by atoms with Crippen LogP contribution in [0.25, 0.3) is 0 Å². The standard InChI is InChI=1S/C8H11F6NO/c1-2-3-15-4-5-16-6(7(9,10)11)8(12,13)14/h2,6,15H,1,3-5H2. The smallest absolute Gasteiger partial charge is 0.360 e. The normalized spacial score (nSPS) is 13.2. The molecule has 0 fully saturated rings. The van der Waals surface area contributed by atoms with Gasteiger partial charge in [0, 0.05) is 13.1 Å². The molecule has 0 aromatic carbocycles. The van der Waals surface area contributed by atoms with Gasteiger partial charge in [0.2, 0.25) is 6.10 Å². The van der Waals surface area contributed by atoms with E-state index in [2.05, 4.69) is 16.6 Å². The van der Waals surface area contributed by atoms with Crippen molar-refractivity contribution >= 4 is 0 Å². The van der Waals surface area contributed by atoms with Crippen LogP contribution in [0.5, 0.6) is 0 Å². The van der Waals surface area contributed by atoms with Crippen molar-refractivity contribution in [3.63, 3.8) is 0 Å². The Kier molecular flexibility index (Phi) is 5.80. The van der Waals surface area contributed by atoms with E-state index in [9.17, 15) is 26.3 Å². The Labute approximate surface area is 88.3 Å². The number of rotatable bonds is 6. The fraction of sp³-hybridized carbons (Fsp3) is 0.750. The summed E-state index contributed by atoms with van der Waals surface area (Å²) < 4.78 is 75.2. The summed E-state index contributed by atoms with van der Waals surface area (Å²) in [5, 5.41) is 2.52. The van der Waals surface area contributed by atoms with Crippen molar-refractivity contribution in [1.29, 1.82) is 0 Å². The highest BCUT2D eigenvalue weighted by atomic mass is 19.4. The monoisotopic (exact) mass is 251 g/mol. The van der Waals surface area contributed by atoms with Gasteiger partial charge in [-0.3, -0.25) is 0 Å². The molecule has 0 unspecified atom stereocenters. The quantitative estimate of drug-likeness (QED) is 0.444. The van der Waals surface area contributed by atoms with Gasteiger partial charge in [-0.1, -0.05) is 6.08 Å². The van der Waals surface area contributed by atoms with E-state index >= 15 is 0 Å². The van der Waals surface area contributed by atoms with E-state index in [-0.39, 0.29) is 13.1 Å². The molecule has 0 aliphatic rings. The van der Waals surface area contributed by atoms with Gasteiger partial charge >= 0.3 is 12.4 Å². The highest BCUT2D eigenvalue weighted by Gasteiger charge is 2.57. The number of halogens is 6.